The van der Waals surface area contributed by atoms with Crippen molar-refractivity contribution in [2.24, 2.45) is 11.7 Å². The zero-order chi connectivity index (χ0) is 25.8. The Balaban J connectivity index is 1.32. The molecule has 0 bridgehead atoms. The normalized spacial score (nSPS) is 15.4. The van der Waals surface area contributed by atoms with Gasteiger partial charge in [0.15, 0.2) is 0 Å². The van der Waals surface area contributed by atoms with Crippen LogP contribution in [0, 0.1) is 5.92 Å². The Labute approximate surface area is 216 Å². The molecule has 3 aromatic carbocycles. The molecule has 188 valence electrons. The van der Waals surface area contributed by atoms with E-state index in [0.29, 0.717) is 18.7 Å². The van der Waals surface area contributed by atoms with E-state index in [9.17, 15) is 9.59 Å². The summed E-state index contributed by atoms with van der Waals surface area (Å²) in [5.41, 5.74) is 10.6. The molecule has 1 saturated heterocycles. The number of hydrogen-bond acceptors (Lipinski definition) is 5. The quantitative estimate of drug-likeness (QED) is 0.393. The third-order valence-corrected chi connectivity index (χ3v) is 6.92. The lowest BCUT2D eigenvalue weighted by atomic mass is 9.97. The highest BCUT2D eigenvalue weighted by molar-refractivity contribution is 6.07. The van der Waals surface area contributed by atoms with Crippen molar-refractivity contribution in [1.82, 2.24) is 10.3 Å². The van der Waals surface area contributed by atoms with Gasteiger partial charge >= 0.3 is 0 Å². The maximum atomic E-state index is 13.3. The van der Waals surface area contributed by atoms with Crippen LogP contribution in [0.1, 0.15) is 28.8 Å². The van der Waals surface area contributed by atoms with Gasteiger partial charge in [0, 0.05) is 36.3 Å². The first-order valence-corrected chi connectivity index (χ1v) is 12.5. The number of anilines is 1. The maximum Gasteiger partial charge on any atom is 0.252 e. The van der Waals surface area contributed by atoms with Crippen LogP contribution in [0.25, 0.3) is 22.2 Å². The fraction of sp³-hybridized carbons (Fsp3) is 0.233. The Morgan fingerprint density at radius 2 is 1.81 bits per heavy atom. The van der Waals surface area contributed by atoms with Crippen molar-refractivity contribution in [1.29, 1.82) is 0 Å². The van der Waals surface area contributed by atoms with Crippen molar-refractivity contribution in [3.05, 3.63) is 90.0 Å². The minimum Gasteiger partial charge on any atom is -0.497 e. The molecule has 1 aliphatic heterocycles. The molecule has 0 radical (unpaired) electrons. The molecular weight excluding hydrogens is 464 g/mol. The molecule has 1 aliphatic rings. The van der Waals surface area contributed by atoms with Crippen LogP contribution >= 0.6 is 0 Å². The molecule has 0 aliphatic carbocycles. The van der Waals surface area contributed by atoms with Gasteiger partial charge in [0.25, 0.3) is 5.91 Å². The van der Waals surface area contributed by atoms with Crippen LogP contribution in [0.4, 0.5) is 5.69 Å². The number of ether oxygens (including phenoxy) is 1. The van der Waals surface area contributed by atoms with E-state index in [0.717, 1.165) is 58.5 Å². The number of fused-ring (bicyclic) bond motifs is 1. The number of nitrogens with zero attached hydrogens (tertiary/aromatic N) is 2. The van der Waals surface area contributed by atoms with Crippen molar-refractivity contribution in [2.75, 3.05) is 25.1 Å². The number of benzene rings is 3. The first-order valence-electron chi connectivity index (χ1n) is 12.5. The summed E-state index contributed by atoms with van der Waals surface area (Å²) < 4.78 is 5.26. The van der Waals surface area contributed by atoms with Gasteiger partial charge < -0.3 is 20.7 Å². The number of pyridine rings is 1. The lowest BCUT2D eigenvalue weighted by Gasteiger charge is -2.33. The number of aromatic nitrogens is 1. The minimum atomic E-state index is -0.234. The monoisotopic (exact) mass is 494 g/mol. The van der Waals surface area contributed by atoms with Crippen molar-refractivity contribution in [3.8, 4) is 17.0 Å². The first kappa shape index (κ1) is 24.3. The second-order valence-electron chi connectivity index (χ2n) is 9.34. The molecule has 37 heavy (non-hydrogen) atoms. The van der Waals surface area contributed by atoms with Crippen LogP contribution in [0.3, 0.4) is 0 Å². The summed E-state index contributed by atoms with van der Waals surface area (Å²) in [6.07, 6.45) is 1.80. The standard InChI is InChI=1S/C30H30N4O3/c1-37-24-14-10-21(11-15-24)28-17-26(25-6-2-3-7-27(25)33-28)30(36)32-18-20-8-12-23(13-9-20)34-16-4-5-22(19-34)29(31)35/h2-3,6-15,17,22H,4-5,16,18-19H2,1H3,(H2,31,35)(H,32,36)/t22-/m0/s1. The predicted octanol–water partition coefficient (Wildman–Crippen LogP) is 4.54. The van der Waals surface area contributed by atoms with Crippen LogP contribution in [0.5, 0.6) is 5.75 Å². The lowest BCUT2D eigenvalue weighted by Crippen LogP contribution is -2.41. The van der Waals surface area contributed by atoms with E-state index in [2.05, 4.69) is 10.2 Å². The molecule has 2 amide bonds. The van der Waals surface area contributed by atoms with Crippen LogP contribution in [0.2, 0.25) is 0 Å². The van der Waals surface area contributed by atoms with Gasteiger partial charge in [-0.3, -0.25) is 9.59 Å². The molecule has 0 saturated carbocycles. The third-order valence-electron chi connectivity index (χ3n) is 6.92. The number of methoxy groups -OCH3 is 1. The molecule has 3 N–H and O–H groups in total. The van der Waals surface area contributed by atoms with Crippen LogP contribution in [0.15, 0.2) is 78.9 Å². The number of para-hydroxylation sites is 1. The second-order valence-corrected chi connectivity index (χ2v) is 9.34. The molecule has 1 aromatic heterocycles. The average Bonchev–Trinajstić information content (AvgIpc) is 2.95. The fourth-order valence-corrected chi connectivity index (χ4v) is 4.82. The van der Waals surface area contributed by atoms with Crippen molar-refractivity contribution in [2.45, 2.75) is 19.4 Å². The molecule has 1 fully saturated rings. The molecule has 0 spiro atoms. The molecule has 0 unspecified atom stereocenters. The predicted molar refractivity (Wildman–Crippen MR) is 145 cm³/mol. The molecule has 4 aromatic rings. The molecule has 5 rings (SSSR count). The SMILES string of the molecule is COc1ccc(-c2cc(C(=O)NCc3ccc(N4CCC[C@H](C(N)=O)C4)cc3)c3ccccc3n2)cc1. The summed E-state index contributed by atoms with van der Waals surface area (Å²) >= 11 is 0. The van der Waals surface area contributed by atoms with Crippen molar-refractivity contribution < 1.29 is 14.3 Å². The highest BCUT2D eigenvalue weighted by atomic mass is 16.5. The average molecular weight is 495 g/mol. The van der Waals surface area contributed by atoms with E-state index >= 15 is 0 Å². The molecule has 1 atom stereocenters. The number of rotatable bonds is 7. The lowest BCUT2D eigenvalue weighted by molar-refractivity contribution is -0.122. The van der Waals surface area contributed by atoms with Crippen molar-refractivity contribution >= 4 is 28.4 Å². The third kappa shape index (κ3) is 5.40. The molecule has 7 heteroatoms. The number of amides is 2. The van der Waals surface area contributed by atoms with E-state index in [1.54, 1.807) is 7.11 Å². The Morgan fingerprint density at radius 1 is 1.05 bits per heavy atom. The van der Waals surface area contributed by atoms with Gasteiger partial charge in [-0.15, -0.1) is 0 Å². The topological polar surface area (TPSA) is 97.5 Å². The van der Waals surface area contributed by atoms with Gasteiger partial charge in [-0.25, -0.2) is 4.98 Å². The Kier molecular flexibility index (Phi) is 7.03. The number of nitrogens with one attached hydrogen (secondary N) is 1. The summed E-state index contributed by atoms with van der Waals surface area (Å²) in [5.74, 6) is 0.271. The van der Waals surface area contributed by atoms with Crippen LogP contribution < -0.4 is 20.7 Å². The summed E-state index contributed by atoms with van der Waals surface area (Å²) in [6.45, 7) is 1.96. The number of hydrogen-bond donors (Lipinski definition) is 2. The molecule has 2 heterocycles. The molecule has 7 nitrogen and oxygen atoms in total. The summed E-state index contributed by atoms with van der Waals surface area (Å²) in [7, 11) is 1.63. The summed E-state index contributed by atoms with van der Waals surface area (Å²) in [5, 5.41) is 3.87. The van der Waals surface area contributed by atoms with E-state index in [-0.39, 0.29) is 17.7 Å². The van der Waals surface area contributed by atoms with E-state index in [1.807, 2.05) is 78.9 Å². The smallest absolute Gasteiger partial charge is 0.252 e. The number of nitrogens with two attached hydrogens (primary N) is 1. The van der Waals surface area contributed by atoms with Gasteiger partial charge in [-0.1, -0.05) is 30.3 Å². The zero-order valence-electron chi connectivity index (χ0n) is 20.8. The maximum absolute atomic E-state index is 13.3. The Hall–Kier alpha value is -4.39. The minimum absolute atomic E-state index is 0.106. The van der Waals surface area contributed by atoms with Gasteiger partial charge in [0.2, 0.25) is 5.91 Å². The fourth-order valence-electron chi connectivity index (χ4n) is 4.82. The first-order chi connectivity index (χ1) is 18.0. The largest absolute Gasteiger partial charge is 0.497 e. The van der Waals surface area contributed by atoms with Crippen LogP contribution in [-0.4, -0.2) is 37.0 Å². The number of primary amides is 1. The van der Waals surface area contributed by atoms with E-state index in [4.69, 9.17) is 15.5 Å². The second kappa shape index (κ2) is 10.7. The van der Waals surface area contributed by atoms with Crippen LogP contribution in [-0.2, 0) is 11.3 Å². The Bertz CT molecular complexity index is 1420. The molecular formula is C30H30N4O3. The number of carbonyl (C=O) groups excluding carboxylic acids is 2. The Morgan fingerprint density at radius 3 is 2.54 bits per heavy atom. The van der Waals surface area contributed by atoms with Gasteiger partial charge in [-0.2, -0.15) is 0 Å². The summed E-state index contributed by atoms with van der Waals surface area (Å²) in [4.78, 5) is 31.9. The summed E-state index contributed by atoms with van der Waals surface area (Å²) in [6, 6.07) is 25.2. The van der Waals surface area contributed by atoms with Gasteiger partial charge in [-0.05, 0) is 66.9 Å². The van der Waals surface area contributed by atoms with E-state index < -0.39 is 0 Å². The van der Waals surface area contributed by atoms with E-state index in [1.165, 1.54) is 0 Å². The highest BCUT2D eigenvalue weighted by Gasteiger charge is 2.24. The number of piperidine rings is 1. The zero-order valence-corrected chi connectivity index (χ0v) is 20.8. The van der Waals surface area contributed by atoms with Gasteiger partial charge in [0.05, 0.1) is 29.8 Å². The highest BCUT2D eigenvalue weighted by Crippen LogP contribution is 2.27. The van der Waals surface area contributed by atoms with Crippen molar-refractivity contribution in [3.63, 3.8) is 0 Å². The van der Waals surface area contributed by atoms with Gasteiger partial charge in [0.1, 0.15) is 5.75 Å². The number of carbonyl (C=O) groups is 2.